The lowest BCUT2D eigenvalue weighted by Gasteiger charge is -2.08. The molecule has 1 atom stereocenters. The van der Waals surface area contributed by atoms with Gasteiger partial charge in [-0.05, 0) is 12.5 Å². The molecule has 0 amide bonds. The summed E-state index contributed by atoms with van der Waals surface area (Å²) in [7, 11) is 0. The van der Waals surface area contributed by atoms with Gasteiger partial charge in [-0.25, -0.2) is 14.3 Å². The van der Waals surface area contributed by atoms with Crippen LogP contribution in [0, 0.1) is 6.92 Å². The Labute approximate surface area is 137 Å². The molecule has 6 nitrogen and oxygen atoms in total. The molecule has 1 aliphatic heterocycles. The van der Waals surface area contributed by atoms with Crippen LogP contribution in [0.1, 0.15) is 28.0 Å². The fourth-order valence-electron chi connectivity index (χ4n) is 2.42. The van der Waals surface area contributed by atoms with Crippen LogP contribution in [0.5, 0.6) is 0 Å². The molecular weight excluding hydrogens is 320 g/mol. The summed E-state index contributed by atoms with van der Waals surface area (Å²) in [5.41, 5.74) is 1.65. The van der Waals surface area contributed by atoms with E-state index in [0.717, 1.165) is 5.56 Å². The molecule has 0 unspecified atom stereocenters. The first-order chi connectivity index (χ1) is 11.1. The minimum atomic E-state index is -0.865. The Morgan fingerprint density at radius 1 is 1.43 bits per heavy atom. The third-order valence-corrected chi connectivity index (χ3v) is 3.97. The van der Waals surface area contributed by atoms with Crippen LogP contribution in [0.2, 0.25) is 5.15 Å². The van der Waals surface area contributed by atoms with Gasteiger partial charge in [-0.3, -0.25) is 0 Å². The van der Waals surface area contributed by atoms with Crippen LogP contribution in [-0.2, 0) is 20.8 Å². The van der Waals surface area contributed by atoms with E-state index in [0.29, 0.717) is 18.7 Å². The maximum Gasteiger partial charge on any atom is 0.347 e. The van der Waals surface area contributed by atoms with Crippen molar-refractivity contribution in [1.82, 2.24) is 9.78 Å². The Bertz CT molecular complexity index is 742. The normalized spacial score (nSPS) is 17.1. The number of esters is 2. The molecule has 0 N–H and O–H groups in total. The Balaban J connectivity index is 1.80. The molecule has 120 valence electrons. The van der Waals surface area contributed by atoms with Crippen molar-refractivity contribution in [2.45, 2.75) is 26.0 Å². The zero-order valence-electron chi connectivity index (χ0n) is 12.5. The molecule has 2 heterocycles. The van der Waals surface area contributed by atoms with Crippen LogP contribution in [0.3, 0.4) is 0 Å². The number of hydrogen-bond acceptors (Lipinski definition) is 5. The summed E-state index contributed by atoms with van der Waals surface area (Å²) in [6.45, 7) is 2.38. The average Bonchev–Trinajstić information content (AvgIpc) is 3.04. The number of nitrogens with zero attached hydrogens (tertiary/aromatic N) is 2. The molecule has 23 heavy (non-hydrogen) atoms. The van der Waals surface area contributed by atoms with Gasteiger partial charge in [0.25, 0.3) is 0 Å². The summed E-state index contributed by atoms with van der Waals surface area (Å²) in [6.07, 6.45) is -0.505. The molecule has 0 saturated carbocycles. The summed E-state index contributed by atoms with van der Waals surface area (Å²) in [5.74, 6) is -1.18. The molecule has 2 aromatic rings. The predicted molar refractivity (Wildman–Crippen MR) is 82.3 cm³/mol. The minimum Gasteiger partial charge on any atom is -0.463 e. The molecule has 1 fully saturated rings. The number of halogens is 1. The maximum absolute atomic E-state index is 12.3. The molecule has 0 radical (unpaired) electrons. The monoisotopic (exact) mass is 334 g/mol. The van der Waals surface area contributed by atoms with Crippen molar-refractivity contribution < 1.29 is 19.1 Å². The van der Waals surface area contributed by atoms with E-state index in [1.807, 2.05) is 30.3 Å². The first-order valence-electron chi connectivity index (χ1n) is 7.20. The van der Waals surface area contributed by atoms with Gasteiger partial charge < -0.3 is 9.47 Å². The van der Waals surface area contributed by atoms with Gasteiger partial charge in [0, 0.05) is 6.42 Å². The average molecular weight is 335 g/mol. The molecule has 0 aliphatic carbocycles. The van der Waals surface area contributed by atoms with E-state index < -0.39 is 18.0 Å². The number of carbonyl (C=O) groups is 2. The summed E-state index contributed by atoms with van der Waals surface area (Å²) in [4.78, 5) is 23.7. The van der Waals surface area contributed by atoms with E-state index in [4.69, 9.17) is 21.1 Å². The number of benzene rings is 1. The number of cyclic esters (lactones) is 1. The first-order valence-corrected chi connectivity index (χ1v) is 7.58. The Morgan fingerprint density at radius 3 is 2.83 bits per heavy atom. The van der Waals surface area contributed by atoms with E-state index >= 15 is 0 Å². The van der Waals surface area contributed by atoms with Gasteiger partial charge >= 0.3 is 11.9 Å². The summed E-state index contributed by atoms with van der Waals surface area (Å²) in [5, 5.41) is 4.48. The zero-order valence-corrected chi connectivity index (χ0v) is 13.2. The van der Waals surface area contributed by atoms with Crippen molar-refractivity contribution >= 4 is 23.5 Å². The van der Waals surface area contributed by atoms with Gasteiger partial charge in [0.05, 0.1) is 18.8 Å². The van der Waals surface area contributed by atoms with Crippen molar-refractivity contribution in [3.63, 3.8) is 0 Å². The molecule has 1 saturated heterocycles. The van der Waals surface area contributed by atoms with Crippen molar-refractivity contribution in [1.29, 1.82) is 0 Å². The summed E-state index contributed by atoms with van der Waals surface area (Å²) >= 11 is 6.28. The molecule has 3 rings (SSSR count). The minimum absolute atomic E-state index is 0.183. The number of aryl methyl sites for hydroxylation is 1. The van der Waals surface area contributed by atoms with Crippen molar-refractivity contribution in [2.75, 3.05) is 6.61 Å². The fourth-order valence-corrected chi connectivity index (χ4v) is 2.73. The number of carbonyl (C=O) groups excluding carboxylic acids is 2. The highest BCUT2D eigenvalue weighted by molar-refractivity contribution is 6.32. The third-order valence-electron chi connectivity index (χ3n) is 3.58. The Morgan fingerprint density at radius 2 is 2.17 bits per heavy atom. The lowest BCUT2D eigenvalue weighted by atomic mass is 10.2. The second-order valence-electron chi connectivity index (χ2n) is 5.24. The predicted octanol–water partition coefficient (Wildman–Crippen LogP) is 2.37. The number of aromatic nitrogens is 2. The second kappa shape index (κ2) is 6.42. The van der Waals surface area contributed by atoms with Gasteiger partial charge in [0.2, 0.25) is 6.10 Å². The molecule has 1 aromatic carbocycles. The largest absolute Gasteiger partial charge is 0.463 e. The van der Waals surface area contributed by atoms with Crippen LogP contribution >= 0.6 is 11.6 Å². The highest BCUT2D eigenvalue weighted by Gasteiger charge is 2.32. The number of rotatable bonds is 4. The third kappa shape index (κ3) is 3.22. The molecule has 0 spiro atoms. The van der Waals surface area contributed by atoms with Crippen molar-refractivity contribution in [3.05, 3.63) is 52.3 Å². The van der Waals surface area contributed by atoms with E-state index in [-0.39, 0.29) is 17.3 Å². The van der Waals surface area contributed by atoms with E-state index in [2.05, 4.69) is 5.10 Å². The van der Waals surface area contributed by atoms with Crippen LogP contribution in [0.4, 0.5) is 0 Å². The quantitative estimate of drug-likeness (QED) is 0.803. The van der Waals surface area contributed by atoms with E-state index in [9.17, 15) is 9.59 Å². The van der Waals surface area contributed by atoms with Crippen molar-refractivity contribution in [2.24, 2.45) is 0 Å². The standard InChI is InChI=1S/C16H15ClN2O4/c1-10-13(16(21)23-12-7-8-22-15(12)20)14(17)19(18-10)9-11-5-3-2-4-6-11/h2-6,12H,7-9H2,1H3/t12-/m0/s1. The Kier molecular flexibility index (Phi) is 4.34. The highest BCUT2D eigenvalue weighted by atomic mass is 35.5. The molecule has 0 bridgehead atoms. The van der Waals surface area contributed by atoms with Crippen LogP contribution in [-0.4, -0.2) is 34.4 Å². The first kappa shape index (κ1) is 15.6. The summed E-state index contributed by atoms with van der Waals surface area (Å²) < 4.78 is 11.5. The lowest BCUT2D eigenvalue weighted by Crippen LogP contribution is -2.23. The molecular formula is C16H15ClN2O4. The van der Waals surface area contributed by atoms with Crippen LogP contribution < -0.4 is 0 Å². The molecule has 1 aliphatic rings. The number of ether oxygens (including phenoxy) is 2. The van der Waals surface area contributed by atoms with Gasteiger partial charge in [-0.1, -0.05) is 41.9 Å². The highest BCUT2D eigenvalue weighted by Crippen LogP contribution is 2.23. The van der Waals surface area contributed by atoms with Gasteiger partial charge in [-0.15, -0.1) is 0 Å². The summed E-state index contributed by atoms with van der Waals surface area (Å²) in [6, 6.07) is 9.64. The van der Waals surface area contributed by atoms with Gasteiger partial charge in [0.15, 0.2) is 0 Å². The smallest absolute Gasteiger partial charge is 0.347 e. The maximum atomic E-state index is 12.3. The SMILES string of the molecule is Cc1nn(Cc2ccccc2)c(Cl)c1C(=O)O[C@H]1CCOC1=O. The Hall–Kier alpha value is -2.34. The van der Waals surface area contributed by atoms with Gasteiger partial charge in [0.1, 0.15) is 10.7 Å². The topological polar surface area (TPSA) is 70.4 Å². The zero-order chi connectivity index (χ0) is 16.4. The van der Waals surface area contributed by atoms with Crippen LogP contribution in [0.15, 0.2) is 30.3 Å². The molecule has 7 heteroatoms. The fraction of sp³-hybridized carbons (Fsp3) is 0.312. The lowest BCUT2D eigenvalue weighted by molar-refractivity contribution is -0.145. The van der Waals surface area contributed by atoms with E-state index in [1.165, 1.54) is 4.68 Å². The number of hydrogen-bond donors (Lipinski definition) is 0. The van der Waals surface area contributed by atoms with Crippen molar-refractivity contribution in [3.8, 4) is 0 Å². The second-order valence-corrected chi connectivity index (χ2v) is 5.60. The van der Waals surface area contributed by atoms with Gasteiger partial charge in [-0.2, -0.15) is 5.10 Å². The van der Waals surface area contributed by atoms with Crippen LogP contribution in [0.25, 0.3) is 0 Å². The van der Waals surface area contributed by atoms with E-state index in [1.54, 1.807) is 6.92 Å². The molecule has 1 aromatic heterocycles.